The molecule has 256 valence electrons. The van der Waals surface area contributed by atoms with Crippen molar-refractivity contribution in [1.29, 1.82) is 0 Å². The normalized spacial score (nSPS) is 22.2. The summed E-state index contributed by atoms with van der Waals surface area (Å²) < 4.78 is 5.91. The lowest BCUT2D eigenvalue weighted by atomic mass is 9.95. The van der Waals surface area contributed by atoms with Crippen LogP contribution in [0.3, 0.4) is 0 Å². The van der Waals surface area contributed by atoms with Crippen LogP contribution in [0.15, 0.2) is 0 Å². The summed E-state index contributed by atoms with van der Waals surface area (Å²) in [5, 5.41) is 30.5. The second-order valence-electron chi connectivity index (χ2n) is 13.3. The molecule has 1 aliphatic rings. The van der Waals surface area contributed by atoms with Crippen LogP contribution < -0.4 is 5.73 Å². The first-order valence-corrected chi connectivity index (χ1v) is 18.6. The number of ether oxygens (including phenoxy) is 1. The summed E-state index contributed by atoms with van der Waals surface area (Å²) in [6.07, 6.45) is 27.4. The first-order chi connectivity index (χ1) is 21.0. The minimum Gasteiger partial charge on any atom is -0.394 e. The van der Waals surface area contributed by atoms with E-state index in [-0.39, 0.29) is 5.91 Å². The van der Waals surface area contributed by atoms with Crippen LogP contribution in [0.25, 0.3) is 0 Å². The third-order valence-corrected chi connectivity index (χ3v) is 9.32. The maximum Gasteiger partial charge on any atom is 0.224 e. The summed E-state index contributed by atoms with van der Waals surface area (Å²) in [6, 6.07) is -0.911. The third-order valence-electron chi connectivity index (χ3n) is 9.32. The molecule has 0 spiro atoms. The highest BCUT2D eigenvalue weighted by molar-refractivity contribution is 5.76. The van der Waals surface area contributed by atoms with Crippen molar-refractivity contribution in [2.45, 2.75) is 211 Å². The van der Waals surface area contributed by atoms with E-state index >= 15 is 0 Å². The van der Waals surface area contributed by atoms with Gasteiger partial charge in [-0.05, 0) is 12.8 Å². The lowest BCUT2D eigenvalue weighted by molar-refractivity contribution is -0.226. The predicted molar refractivity (Wildman–Crippen MR) is 179 cm³/mol. The summed E-state index contributed by atoms with van der Waals surface area (Å²) in [5.74, 6) is -0.00801. The highest BCUT2D eigenvalue weighted by Gasteiger charge is 2.45. The van der Waals surface area contributed by atoms with Gasteiger partial charge < -0.3 is 30.7 Å². The first kappa shape index (κ1) is 40.3. The van der Waals surface area contributed by atoms with Gasteiger partial charge >= 0.3 is 0 Å². The van der Waals surface area contributed by atoms with Gasteiger partial charge in [0.2, 0.25) is 5.91 Å². The van der Waals surface area contributed by atoms with Crippen molar-refractivity contribution in [1.82, 2.24) is 4.90 Å². The quantitative estimate of drug-likeness (QED) is 0.0642. The van der Waals surface area contributed by atoms with Crippen molar-refractivity contribution in [2.24, 2.45) is 5.73 Å². The second-order valence-corrected chi connectivity index (χ2v) is 13.3. The molecule has 0 aromatic carbocycles. The van der Waals surface area contributed by atoms with Crippen LogP contribution in [-0.2, 0) is 9.53 Å². The van der Waals surface area contributed by atoms with Gasteiger partial charge in [-0.3, -0.25) is 4.79 Å². The van der Waals surface area contributed by atoms with Crippen LogP contribution in [0.1, 0.15) is 181 Å². The fourth-order valence-corrected chi connectivity index (χ4v) is 6.35. The number of carbonyl (C=O) groups is 1. The third kappa shape index (κ3) is 18.7. The summed E-state index contributed by atoms with van der Waals surface area (Å²) in [6.45, 7) is 4.61. The number of rotatable bonds is 29. The molecule has 5 N–H and O–H groups in total. The van der Waals surface area contributed by atoms with Gasteiger partial charge in [-0.15, -0.1) is 0 Å². The molecule has 7 nitrogen and oxygen atoms in total. The van der Waals surface area contributed by atoms with E-state index in [2.05, 4.69) is 13.8 Å². The molecule has 1 fully saturated rings. The molecule has 7 heteroatoms. The molecule has 0 aromatic rings. The Bertz CT molecular complexity index is 635. The summed E-state index contributed by atoms with van der Waals surface area (Å²) >= 11 is 0. The van der Waals surface area contributed by atoms with Crippen molar-refractivity contribution < 1.29 is 24.9 Å². The van der Waals surface area contributed by atoms with Gasteiger partial charge in [-0.2, -0.15) is 0 Å². The zero-order valence-corrected chi connectivity index (χ0v) is 28.4. The molecule has 43 heavy (non-hydrogen) atoms. The number of carbonyl (C=O) groups excluding carboxylic acids is 1. The molecule has 1 aliphatic heterocycles. The van der Waals surface area contributed by atoms with Crippen molar-refractivity contribution >= 4 is 5.91 Å². The summed E-state index contributed by atoms with van der Waals surface area (Å²) in [4.78, 5) is 15.1. The fourth-order valence-electron chi connectivity index (χ4n) is 6.35. The predicted octanol–water partition coefficient (Wildman–Crippen LogP) is 7.76. The van der Waals surface area contributed by atoms with Crippen LogP contribution in [0.5, 0.6) is 0 Å². The van der Waals surface area contributed by atoms with Crippen molar-refractivity contribution in [3.8, 4) is 0 Å². The average molecular weight is 613 g/mol. The lowest BCUT2D eigenvalue weighted by Gasteiger charge is -2.45. The van der Waals surface area contributed by atoms with Crippen LogP contribution in [0.4, 0.5) is 0 Å². The number of amides is 1. The Morgan fingerprint density at radius 3 is 1.37 bits per heavy atom. The van der Waals surface area contributed by atoms with E-state index in [1.54, 1.807) is 4.90 Å². The zero-order valence-electron chi connectivity index (χ0n) is 28.4. The second kappa shape index (κ2) is 27.6. The number of hydrogen-bond acceptors (Lipinski definition) is 6. The van der Waals surface area contributed by atoms with Gasteiger partial charge in [-0.1, -0.05) is 162 Å². The van der Waals surface area contributed by atoms with Crippen LogP contribution in [0, 0.1) is 0 Å². The number of nitrogens with two attached hydrogens (primary N) is 1. The van der Waals surface area contributed by atoms with Gasteiger partial charge in [0.15, 0.2) is 6.23 Å². The minimum atomic E-state index is -1.26. The Balaban J connectivity index is 2.37. The highest BCUT2D eigenvalue weighted by Crippen LogP contribution is 2.24. The molecule has 0 aliphatic carbocycles. The van der Waals surface area contributed by atoms with Gasteiger partial charge in [0.1, 0.15) is 18.3 Å². The van der Waals surface area contributed by atoms with E-state index in [0.717, 1.165) is 38.5 Å². The van der Waals surface area contributed by atoms with Gasteiger partial charge in [0, 0.05) is 13.0 Å². The van der Waals surface area contributed by atoms with E-state index in [4.69, 9.17) is 10.5 Å². The van der Waals surface area contributed by atoms with E-state index < -0.39 is 37.2 Å². The van der Waals surface area contributed by atoms with E-state index in [0.29, 0.717) is 13.0 Å². The molecule has 1 amide bonds. The Morgan fingerprint density at radius 1 is 0.605 bits per heavy atom. The van der Waals surface area contributed by atoms with Gasteiger partial charge in [0.05, 0.1) is 12.6 Å². The number of aliphatic hydroxyl groups is 3. The number of hydrogen-bond donors (Lipinski definition) is 4. The van der Waals surface area contributed by atoms with Crippen molar-refractivity contribution in [2.75, 3.05) is 13.2 Å². The molecular weight excluding hydrogens is 540 g/mol. The smallest absolute Gasteiger partial charge is 0.224 e. The first-order valence-electron chi connectivity index (χ1n) is 18.6. The van der Waals surface area contributed by atoms with Crippen molar-refractivity contribution in [3.63, 3.8) is 0 Å². The average Bonchev–Trinajstić information content (AvgIpc) is 3.01. The molecular formula is C36H72N2O5. The molecule has 0 bridgehead atoms. The molecule has 0 radical (unpaired) electrons. The highest BCUT2D eigenvalue weighted by atomic mass is 16.5. The van der Waals surface area contributed by atoms with Gasteiger partial charge in [-0.25, -0.2) is 0 Å². The van der Waals surface area contributed by atoms with E-state index in [1.165, 1.54) is 122 Å². The Morgan fingerprint density at radius 2 is 0.977 bits per heavy atom. The van der Waals surface area contributed by atoms with Gasteiger partial charge in [0.25, 0.3) is 0 Å². The number of nitrogens with zero attached hydrogens (tertiary/aromatic N) is 1. The topological polar surface area (TPSA) is 116 Å². The minimum absolute atomic E-state index is 0.00801. The molecule has 0 aromatic heterocycles. The Labute approximate surface area is 265 Å². The van der Waals surface area contributed by atoms with Crippen LogP contribution >= 0.6 is 0 Å². The van der Waals surface area contributed by atoms with Crippen LogP contribution in [0.2, 0.25) is 0 Å². The molecule has 1 rings (SSSR count). The largest absolute Gasteiger partial charge is 0.394 e. The summed E-state index contributed by atoms with van der Waals surface area (Å²) in [5.41, 5.74) is 6.27. The maximum atomic E-state index is 13.4. The number of unbranched alkanes of at least 4 members (excludes halogenated alkanes) is 23. The van der Waals surface area contributed by atoms with E-state index in [9.17, 15) is 20.1 Å². The maximum absolute atomic E-state index is 13.4. The molecule has 1 heterocycles. The molecule has 1 saturated heterocycles. The monoisotopic (exact) mass is 613 g/mol. The van der Waals surface area contributed by atoms with E-state index in [1.807, 2.05) is 0 Å². The zero-order chi connectivity index (χ0) is 31.5. The molecule has 0 unspecified atom stereocenters. The SMILES string of the molecule is CCCCCCCCCCCCCCCCN(C(=O)CCCCCCCCCCCCC)[C@@H]1O[C@H](CO)[C@@H](O)[C@H](O)[C@H]1N. The van der Waals surface area contributed by atoms with Crippen LogP contribution in [-0.4, -0.2) is 69.9 Å². The fraction of sp³-hybridized carbons (Fsp3) is 0.972. The number of aliphatic hydroxyl groups excluding tert-OH is 3. The molecule has 0 saturated carbocycles. The summed E-state index contributed by atoms with van der Waals surface area (Å²) in [7, 11) is 0. The Hall–Kier alpha value is -0.730. The standard InChI is InChI=1S/C36H72N2O5/c1-3-5-7-9-11-13-15-16-17-19-21-23-25-27-29-38(36-33(37)35(42)34(41)31(30-39)43-36)32(40)28-26-24-22-20-18-14-12-10-8-6-4-2/h31,33-36,39,41-42H,3-30,37H2,1-2H3/t31-,33-,34-,35-,36-/m1/s1. The molecule has 5 atom stereocenters. The lowest BCUT2D eigenvalue weighted by Crippen LogP contribution is -2.67. The van der Waals surface area contributed by atoms with Crippen molar-refractivity contribution in [3.05, 3.63) is 0 Å². The Kier molecular flexibility index (Phi) is 25.8.